The van der Waals surface area contributed by atoms with Crippen LogP contribution in [0.2, 0.25) is 0 Å². The average molecular weight is 429 g/mol. The van der Waals surface area contributed by atoms with Gasteiger partial charge in [0.15, 0.2) is 5.13 Å². The van der Waals surface area contributed by atoms with E-state index in [1.807, 2.05) is 36.4 Å². The van der Waals surface area contributed by atoms with Crippen molar-refractivity contribution in [3.8, 4) is 0 Å². The summed E-state index contributed by atoms with van der Waals surface area (Å²) < 4.78 is 39.9. The molecular weight excluding hydrogens is 413 g/mol. The van der Waals surface area contributed by atoms with E-state index in [1.54, 1.807) is 0 Å². The molecule has 4 rings (SSSR count). The number of carbonyl (C=O) groups is 1. The fourth-order valence-corrected chi connectivity index (χ4v) is 4.97. The Morgan fingerprint density at radius 2 is 1.83 bits per heavy atom. The number of nitrogens with one attached hydrogen (secondary N) is 1. The number of nitrogens with zero attached hydrogens (tertiary/aromatic N) is 2. The molecule has 0 unspecified atom stereocenters. The second kappa shape index (κ2) is 7.51. The van der Waals surface area contributed by atoms with Gasteiger partial charge in [-0.3, -0.25) is 4.79 Å². The second-order valence-corrected chi connectivity index (χ2v) is 9.49. The zero-order valence-corrected chi connectivity index (χ0v) is 16.9. The molecule has 0 radical (unpaired) electrons. The average Bonchev–Trinajstić information content (AvgIpc) is 3.11. The van der Waals surface area contributed by atoms with Gasteiger partial charge in [-0.05, 0) is 35.7 Å². The van der Waals surface area contributed by atoms with Gasteiger partial charge in [0.25, 0.3) is 0 Å². The van der Waals surface area contributed by atoms with E-state index in [-0.39, 0.29) is 4.90 Å². The number of anilines is 1. The van der Waals surface area contributed by atoms with Crippen LogP contribution in [-0.2, 0) is 14.8 Å². The third kappa shape index (κ3) is 3.84. The van der Waals surface area contributed by atoms with Crippen molar-refractivity contribution in [1.82, 2.24) is 9.29 Å². The first-order chi connectivity index (χ1) is 13.8. The van der Waals surface area contributed by atoms with Crippen molar-refractivity contribution in [3.63, 3.8) is 0 Å². The molecule has 0 aliphatic carbocycles. The number of rotatable bonds is 5. The molecule has 29 heavy (non-hydrogen) atoms. The molecular formula is C20H16FN3O3S2. The van der Waals surface area contributed by atoms with Gasteiger partial charge in [-0.2, -0.15) is 4.31 Å². The number of aromatic nitrogens is 1. The number of halogens is 1. The Balaban J connectivity index is 1.52. The van der Waals surface area contributed by atoms with Crippen LogP contribution < -0.4 is 5.32 Å². The van der Waals surface area contributed by atoms with Crippen LogP contribution in [0.25, 0.3) is 21.0 Å². The van der Waals surface area contributed by atoms with Gasteiger partial charge in [-0.15, -0.1) is 0 Å². The number of carbonyl (C=O) groups excluding carboxylic acids is 1. The molecule has 1 heterocycles. The highest BCUT2D eigenvalue weighted by Gasteiger charge is 2.23. The van der Waals surface area contributed by atoms with Crippen LogP contribution in [-0.4, -0.2) is 37.2 Å². The first kappa shape index (κ1) is 19.4. The van der Waals surface area contributed by atoms with E-state index in [0.29, 0.717) is 5.13 Å². The highest BCUT2D eigenvalue weighted by Crippen LogP contribution is 2.31. The van der Waals surface area contributed by atoms with E-state index in [4.69, 9.17) is 0 Å². The van der Waals surface area contributed by atoms with E-state index >= 15 is 0 Å². The van der Waals surface area contributed by atoms with Gasteiger partial charge in [-0.25, -0.2) is 17.8 Å². The maximum atomic E-state index is 13.0. The Hall–Kier alpha value is -2.88. The van der Waals surface area contributed by atoms with E-state index in [2.05, 4.69) is 10.3 Å². The highest BCUT2D eigenvalue weighted by molar-refractivity contribution is 7.89. The molecule has 0 bridgehead atoms. The van der Waals surface area contributed by atoms with Gasteiger partial charge in [0.1, 0.15) is 5.82 Å². The number of amides is 1. The summed E-state index contributed by atoms with van der Waals surface area (Å²) in [6.07, 6.45) is 0. The molecule has 0 aliphatic heterocycles. The smallest absolute Gasteiger partial charge is 0.243 e. The van der Waals surface area contributed by atoms with Crippen molar-refractivity contribution >= 4 is 53.4 Å². The summed E-state index contributed by atoms with van der Waals surface area (Å²) in [5.41, 5.74) is 0.788. The zero-order valence-electron chi connectivity index (χ0n) is 15.3. The molecule has 0 saturated heterocycles. The number of likely N-dealkylation sites (N-methyl/N-ethyl adjacent to an activating group) is 1. The Morgan fingerprint density at radius 3 is 2.59 bits per heavy atom. The van der Waals surface area contributed by atoms with Gasteiger partial charge >= 0.3 is 0 Å². The molecule has 0 atom stereocenters. The van der Waals surface area contributed by atoms with Crippen molar-refractivity contribution in [2.45, 2.75) is 4.90 Å². The summed E-state index contributed by atoms with van der Waals surface area (Å²) in [4.78, 5) is 16.8. The predicted molar refractivity (Wildman–Crippen MR) is 112 cm³/mol. The molecule has 148 valence electrons. The molecule has 1 N–H and O–H groups in total. The molecule has 3 aromatic carbocycles. The number of fused-ring (bicyclic) bond motifs is 3. The summed E-state index contributed by atoms with van der Waals surface area (Å²) in [7, 11) is -2.61. The van der Waals surface area contributed by atoms with Gasteiger partial charge in [-0.1, -0.05) is 41.7 Å². The summed E-state index contributed by atoms with van der Waals surface area (Å²) in [5.74, 6) is -1.05. The van der Waals surface area contributed by atoms with Crippen LogP contribution in [0.15, 0.2) is 65.6 Å². The maximum Gasteiger partial charge on any atom is 0.243 e. The van der Waals surface area contributed by atoms with Gasteiger partial charge in [0.2, 0.25) is 15.9 Å². The lowest BCUT2D eigenvalue weighted by Gasteiger charge is -2.16. The standard InChI is InChI=1S/C20H16FN3O3S2/c1-24(29(26,27)15-9-7-14(21)8-10-15)12-18(25)22-20-23-19-16-5-3-2-4-13(16)6-11-17(19)28-20/h2-11H,12H2,1H3,(H,22,23,25). The summed E-state index contributed by atoms with van der Waals surface area (Å²) in [6.45, 7) is -0.392. The monoisotopic (exact) mass is 429 g/mol. The fraction of sp³-hybridized carbons (Fsp3) is 0.100. The molecule has 0 aliphatic rings. The quantitative estimate of drug-likeness (QED) is 0.523. The molecule has 0 fully saturated rings. The van der Waals surface area contributed by atoms with Crippen LogP contribution in [0.3, 0.4) is 0 Å². The summed E-state index contributed by atoms with van der Waals surface area (Å²) >= 11 is 1.32. The molecule has 9 heteroatoms. The normalized spacial score (nSPS) is 12.0. The SMILES string of the molecule is CN(CC(=O)Nc1nc2c(ccc3ccccc32)s1)S(=O)(=O)c1ccc(F)cc1. The van der Waals surface area contributed by atoms with Crippen molar-refractivity contribution in [1.29, 1.82) is 0 Å². The lowest BCUT2D eigenvalue weighted by Crippen LogP contribution is -2.34. The minimum Gasteiger partial charge on any atom is -0.301 e. The van der Waals surface area contributed by atoms with E-state index < -0.39 is 28.3 Å². The first-order valence-corrected chi connectivity index (χ1v) is 10.9. The molecule has 1 amide bonds. The lowest BCUT2D eigenvalue weighted by molar-refractivity contribution is -0.116. The Morgan fingerprint density at radius 1 is 1.10 bits per heavy atom. The largest absolute Gasteiger partial charge is 0.301 e. The van der Waals surface area contributed by atoms with Crippen LogP contribution >= 0.6 is 11.3 Å². The highest BCUT2D eigenvalue weighted by atomic mass is 32.2. The van der Waals surface area contributed by atoms with E-state index in [9.17, 15) is 17.6 Å². The van der Waals surface area contributed by atoms with Crippen LogP contribution in [0.5, 0.6) is 0 Å². The maximum absolute atomic E-state index is 13.0. The van der Waals surface area contributed by atoms with Gasteiger partial charge in [0, 0.05) is 12.4 Å². The number of hydrogen-bond donors (Lipinski definition) is 1. The van der Waals surface area contributed by atoms with Crippen molar-refractivity contribution in [2.75, 3.05) is 18.9 Å². The third-order valence-corrected chi connectivity index (χ3v) is 7.17. The number of thiazole rings is 1. The van der Waals surface area contributed by atoms with Crippen LogP contribution in [0, 0.1) is 5.82 Å². The topological polar surface area (TPSA) is 79.4 Å². The molecule has 4 aromatic rings. The summed E-state index contributed by atoms with van der Waals surface area (Å²) in [5, 5.41) is 5.09. The van der Waals surface area contributed by atoms with E-state index in [1.165, 1.54) is 18.4 Å². The molecule has 0 saturated carbocycles. The second-order valence-electron chi connectivity index (χ2n) is 6.42. The van der Waals surface area contributed by atoms with Crippen molar-refractivity contribution in [3.05, 3.63) is 66.5 Å². The van der Waals surface area contributed by atoms with Gasteiger partial charge in [0.05, 0.1) is 21.7 Å². The van der Waals surface area contributed by atoms with Gasteiger partial charge < -0.3 is 5.32 Å². The first-order valence-electron chi connectivity index (χ1n) is 8.64. The number of benzene rings is 3. The minimum absolute atomic E-state index is 0.0827. The molecule has 0 spiro atoms. The zero-order chi connectivity index (χ0) is 20.6. The Bertz CT molecular complexity index is 1320. The minimum atomic E-state index is -3.91. The van der Waals surface area contributed by atoms with Crippen molar-refractivity contribution in [2.24, 2.45) is 0 Å². The molecule has 6 nitrogen and oxygen atoms in total. The predicted octanol–water partition coefficient (Wildman–Crippen LogP) is 3.85. The van der Waals surface area contributed by atoms with E-state index in [0.717, 1.165) is 49.6 Å². The summed E-state index contributed by atoms with van der Waals surface area (Å²) in [6, 6.07) is 16.2. The van der Waals surface area contributed by atoms with Crippen LogP contribution in [0.1, 0.15) is 0 Å². The Labute approximate surface area is 170 Å². The lowest BCUT2D eigenvalue weighted by atomic mass is 10.1. The van der Waals surface area contributed by atoms with Crippen LogP contribution in [0.4, 0.5) is 9.52 Å². The third-order valence-electron chi connectivity index (χ3n) is 4.42. The number of hydrogen-bond acceptors (Lipinski definition) is 5. The number of sulfonamides is 1. The fourth-order valence-electron chi connectivity index (χ4n) is 2.95. The van der Waals surface area contributed by atoms with Crippen molar-refractivity contribution < 1.29 is 17.6 Å². The molecule has 1 aromatic heterocycles. The Kier molecular flexibility index (Phi) is 5.03.